The quantitative estimate of drug-likeness (QED) is 0.513. The number of carbonyl (C=O) groups excluding carboxylic acids is 2. The molecule has 34 heavy (non-hydrogen) atoms. The molecule has 2 aliphatic rings. The van der Waals surface area contributed by atoms with Crippen molar-refractivity contribution < 1.29 is 18.0 Å². The summed E-state index contributed by atoms with van der Waals surface area (Å²) in [5.41, 5.74) is -0.188. The van der Waals surface area contributed by atoms with Crippen molar-refractivity contribution >= 4 is 27.5 Å². The van der Waals surface area contributed by atoms with E-state index in [9.17, 15) is 23.3 Å². The van der Waals surface area contributed by atoms with E-state index in [0.717, 1.165) is 31.9 Å². The minimum Gasteiger partial charge on any atom is -0.340 e. The van der Waals surface area contributed by atoms with Gasteiger partial charge < -0.3 is 15.5 Å². The molecule has 3 N–H and O–H groups in total. The number of hydrogen-bond acceptors (Lipinski definition) is 6. The predicted molar refractivity (Wildman–Crippen MR) is 131 cm³/mol. The maximum Gasteiger partial charge on any atom is 0.251 e. The van der Waals surface area contributed by atoms with E-state index in [1.165, 1.54) is 30.7 Å². The van der Waals surface area contributed by atoms with Crippen LogP contribution in [0, 0.1) is 17.2 Å². The Balaban J connectivity index is 1.77. The van der Waals surface area contributed by atoms with E-state index in [1.807, 2.05) is 0 Å². The van der Waals surface area contributed by atoms with Crippen LogP contribution in [-0.2, 0) is 14.8 Å². The van der Waals surface area contributed by atoms with Crippen LogP contribution in [-0.4, -0.2) is 63.1 Å². The second-order valence-electron chi connectivity index (χ2n) is 9.51. The first-order chi connectivity index (χ1) is 16.1. The molecule has 1 aliphatic heterocycles. The van der Waals surface area contributed by atoms with Crippen LogP contribution in [0.5, 0.6) is 0 Å². The second-order valence-corrected chi connectivity index (χ2v) is 11.3. The summed E-state index contributed by atoms with van der Waals surface area (Å²) in [6.45, 7) is 1.33. The van der Waals surface area contributed by atoms with Gasteiger partial charge in [-0.2, -0.15) is 5.26 Å². The fraction of sp³-hybridized carbons (Fsp3) is 0.625. The summed E-state index contributed by atoms with van der Waals surface area (Å²) >= 11 is 0. The molecule has 0 bridgehead atoms. The highest BCUT2D eigenvalue weighted by Gasteiger charge is 2.41. The number of piperidine rings is 1. The lowest BCUT2D eigenvalue weighted by atomic mass is 9.83. The zero-order valence-electron chi connectivity index (χ0n) is 20.0. The van der Waals surface area contributed by atoms with E-state index >= 15 is 0 Å². The number of nitriles is 1. The molecule has 1 heterocycles. The van der Waals surface area contributed by atoms with Gasteiger partial charge in [-0.05, 0) is 62.5 Å². The highest BCUT2D eigenvalue weighted by atomic mass is 32.2. The third-order valence-electron chi connectivity index (χ3n) is 6.96. The molecular formula is C24H35N5O4S. The van der Waals surface area contributed by atoms with Crippen LogP contribution in [0.25, 0.3) is 0 Å². The highest BCUT2D eigenvalue weighted by molar-refractivity contribution is 7.92. The fourth-order valence-electron chi connectivity index (χ4n) is 4.93. The van der Waals surface area contributed by atoms with Gasteiger partial charge in [0.15, 0.2) is 0 Å². The number of nitrogens with one attached hydrogen (secondary N) is 3. The molecule has 1 unspecified atom stereocenters. The molecule has 3 rings (SSSR count). The van der Waals surface area contributed by atoms with Gasteiger partial charge >= 0.3 is 0 Å². The lowest BCUT2D eigenvalue weighted by Crippen LogP contribution is -2.59. The minimum absolute atomic E-state index is 0.238. The summed E-state index contributed by atoms with van der Waals surface area (Å²) in [5, 5.41) is 16.1. The van der Waals surface area contributed by atoms with Gasteiger partial charge in [-0.3, -0.25) is 14.3 Å². The number of sulfonamides is 1. The van der Waals surface area contributed by atoms with Gasteiger partial charge in [0.1, 0.15) is 11.6 Å². The van der Waals surface area contributed by atoms with Crippen molar-refractivity contribution in [1.82, 2.24) is 15.5 Å². The first kappa shape index (κ1) is 26.0. The fourth-order valence-corrected chi connectivity index (χ4v) is 5.49. The monoisotopic (exact) mass is 489 g/mol. The smallest absolute Gasteiger partial charge is 0.251 e. The van der Waals surface area contributed by atoms with Crippen LogP contribution in [0.2, 0.25) is 0 Å². The average molecular weight is 490 g/mol. The van der Waals surface area contributed by atoms with Gasteiger partial charge in [0.2, 0.25) is 15.9 Å². The Bertz CT molecular complexity index is 1010. The number of likely N-dealkylation sites (N-methyl/N-ethyl adjacent to an activating group) is 1. The van der Waals surface area contributed by atoms with E-state index in [1.54, 1.807) is 11.9 Å². The van der Waals surface area contributed by atoms with Crippen LogP contribution >= 0.6 is 0 Å². The summed E-state index contributed by atoms with van der Waals surface area (Å²) in [4.78, 5) is 28.2. The molecule has 1 aromatic rings. The maximum absolute atomic E-state index is 13.6. The Morgan fingerprint density at radius 1 is 1.18 bits per heavy atom. The topological polar surface area (TPSA) is 131 Å². The number of anilines is 1. The molecule has 0 radical (unpaired) electrons. The van der Waals surface area contributed by atoms with Gasteiger partial charge in [0, 0.05) is 18.3 Å². The Hall–Kier alpha value is -2.64. The van der Waals surface area contributed by atoms with Crippen molar-refractivity contribution in [2.24, 2.45) is 5.92 Å². The van der Waals surface area contributed by atoms with Crippen LogP contribution in [0.1, 0.15) is 61.7 Å². The van der Waals surface area contributed by atoms with Gasteiger partial charge in [-0.1, -0.05) is 32.1 Å². The third kappa shape index (κ3) is 6.70. The van der Waals surface area contributed by atoms with Crippen LogP contribution < -0.4 is 15.4 Å². The number of benzene rings is 1. The molecule has 2 amide bonds. The van der Waals surface area contributed by atoms with Crippen LogP contribution in [0.4, 0.5) is 5.69 Å². The summed E-state index contributed by atoms with van der Waals surface area (Å²) in [5.74, 6) is -0.286. The molecule has 1 saturated heterocycles. The first-order valence-corrected chi connectivity index (χ1v) is 13.8. The molecule has 10 heteroatoms. The number of rotatable bonds is 8. The summed E-state index contributed by atoms with van der Waals surface area (Å²) < 4.78 is 25.2. The molecular weight excluding hydrogens is 454 g/mol. The Morgan fingerprint density at radius 2 is 1.79 bits per heavy atom. The Morgan fingerprint density at radius 3 is 2.35 bits per heavy atom. The van der Waals surface area contributed by atoms with E-state index in [2.05, 4.69) is 21.4 Å². The summed E-state index contributed by atoms with van der Waals surface area (Å²) in [6.07, 6.45) is 8.19. The second kappa shape index (κ2) is 11.2. The van der Waals surface area contributed by atoms with Crippen molar-refractivity contribution in [3.05, 3.63) is 29.8 Å². The lowest BCUT2D eigenvalue weighted by Gasteiger charge is -2.41. The number of carbonyl (C=O) groups is 2. The molecule has 0 spiro atoms. The van der Waals surface area contributed by atoms with E-state index in [0.29, 0.717) is 49.5 Å². The van der Waals surface area contributed by atoms with E-state index in [4.69, 9.17) is 0 Å². The predicted octanol–water partition coefficient (Wildman–Crippen LogP) is 2.23. The van der Waals surface area contributed by atoms with Gasteiger partial charge in [-0.25, -0.2) is 8.42 Å². The van der Waals surface area contributed by atoms with Crippen molar-refractivity contribution in [3.8, 4) is 6.07 Å². The van der Waals surface area contributed by atoms with E-state index < -0.39 is 27.5 Å². The molecule has 1 aromatic carbocycles. The van der Waals surface area contributed by atoms with Gasteiger partial charge in [0.05, 0.1) is 12.3 Å². The average Bonchev–Trinajstić information content (AvgIpc) is 2.83. The molecule has 0 aromatic heterocycles. The van der Waals surface area contributed by atoms with Crippen molar-refractivity contribution in [1.29, 1.82) is 5.26 Å². The SMILES string of the molecule is CN(C(=O)C(CC1CCCCC1)NC(=O)c1ccc(NS(C)(=O)=O)cc1)C1(C#N)CCNCC1. The Labute approximate surface area is 202 Å². The minimum atomic E-state index is -3.42. The highest BCUT2D eigenvalue weighted by Crippen LogP contribution is 2.30. The standard InChI is InChI=1S/C24H35N5O4S/c1-29(24(17-25)12-14-26-15-13-24)23(31)21(16-18-6-4-3-5-7-18)27-22(30)19-8-10-20(11-9-19)28-34(2,32)33/h8-11,18,21,26,28H,3-7,12-16H2,1-2H3,(H,27,30). The zero-order chi connectivity index (χ0) is 24.8. The molecule has 186 valence electrons. The molecule has 1 saturated carbocycles. The molecule has 9 nitrogen and oxygen atoms in total. The first-order valence-electron chi connectivity index (χ1n) is 11.9. The summed E-state index contributed by atoms with van der Waals surface area (Å²) in [7, 11) is -1.75. The molecule has 1 aliphatic carbocycles. The molecule has 2 fully saturated rings. The molecule has 1 atom stereocenters. The third-order valence-corrected chi connectivity index (χ3v) is 7.57. The van der Waals surface area contributed by atoms with Crippen molar-refractivity contribution in [2.45, 2.75) is 62.9 Å². The summed E-state index contributed by atoms with van der Waals surface area (Å²) in [6, 6.07) is 7.71. The van der Waals surface area contributed by atoms with E-state index in [-0.39, 0.29) is 5.91 Å². The van der Waals surface area contributed by atoms with Crippen molar-refractivity contribution in [3.63, 3.8) is 0 Å². The number of amides is 2. The normalized spacial score (nSPS) is 19.4. The lowest BCUT2D eigenvalue weighted by molar-refractivity contribution is -0.137. The maximum atomic E-state index is 13.6. The van der Waals surface area contributed by atoms with Gasteiger partial charge in [0.25, 0.3) is 5.91 Å². The number of nitrogens with zero attached hydrogens (tertiary/aromatic N) is 2. The van der Waals surface area contributed by atoms with Crippen LogP contribution in [0.15, 0.2) is 24.3 Å². The Kier molecular flexibility index (Phi) is 8.55. The number of hydrogen-bond donors (Lipinski definition) is 3. The van der Waals surface area contributed by atoms with Gasteiger partial charge in [-0.15, -0.1) is 0 Å². The largest absolute Gasteiger partial charge is 0.340 e. The zero-order valence-corrected chi connectivity index (χ0v) is 20.8. The van der Waals surface area contributed by atoms with Crippen LogP contribution in [0.3, 0.4) is 0 Å². The van der Waals surface area contributed by atoms with Crippen molar-refractivity contribution in [2.75, 3.05) is 31.1 Å².